The quantitative estimate of drug-likeness (QED) is 0.749. The molecule has 27 heavy (non-hydrogen) atoms. The Labute approximate surface area is 157 Å². The normalized spacial score (nSPS) is 16.7. The van der Waals surface area contributed by atoms with Crippen LogP contribution in [0.3, 0.4) is 0 Å². The second-order valence-electron chi connectivity index (χ2n) is 6.76. The van der Waals surface area contributed by atoms with Crippen molar-refractivity contribution in [3.05, 3.63) is 53.5 Å². The average molecular weight is 366 g/mol. The molecule has 7 heteroatoms. The topological polar surface area (TPSA) is 84.2 Å². The molecule has 2 aromatic heterocycles. The molecular formula is C20H22N4O3. The largest absolute Gasteiger partial charge is 0.496 e. The molecular weight excluding hydrogens is 344 g/mol. The van der Waals surface area contributed by atoms with Crippen LogP contribution in [0.5, 0.6) is 5.75 Å². The van der Waals surface area contributed by atoms with Gasteiger partial charge in [0.15, 0.2) is 5.76 Å². The number of hydrogen-bond donors (Lipinski definition) is 1. The number of methoxy groups -OCH3 is 1. The van der Waals surface area contributed by atoms with Crippen molar-refractivity contribution in [1.82, 2.24) is 20.3 Å². The Morgan fingerprint density at radius 1 is 1.41 bits per heavy atom. The summed E-state index contributed by atoms with van der Waals surface area (Å²) in [7, 11) is 1.62. The number of aromatic amines is 1. The number of carbonyl (C=O) groups excluding carboxylic acids is 1. The number of benzene rings is 1. The maximum Gasteiger partial charge on any atom is 0.227 e. The first kappa shape index (κ1) is 17.3. The summed E-state index contributed by atoms with van der Waals surface area (Å²) in [4.78, 5) is 15.0. The van der Waals surface area contributed by atoms with Gasteiger partial charge in [-0.2, -0.15) is 5.10 Å². The summed E-state index contributed by atoms with van der Waals surface area (Å²) in [6, 6.07) is 9.47. The van der Waals surface area contributed by atoms with E-state index in [4.69, 9.17) is 9.26 Å². The van der Waals surface area contributed by atoms with Crippen molar-refractivity contribution in [1.29, 1.82) is 0 Å². The highest BCUT2D eigenvalue weighted by Gasteiger charge is 2.33. The minimum atomic E-state index is -0.0462. The molecule has 1 amide bonds. The zero-order chi connectivity index (χ0) is 18.8. The molecule has 0 aliphatic carbocycles. The van der Waals surface area contributed by atoms with E-state index in [-0.39, 0.29) is 11.9 Å². The zero-order valence-corrected chi connectivity index (χ0v) is 15.4. The van der Waals surface area contributed by atoms with Crippen LogP contribution in [0.15, 0.2) is 41.1 Å². The minimum Gasteiger partial charge on any atom is -0.496 e. The molecule has 0 radical (unpaired) electrons. The summed E-state index contributed by atoms with van der Waals surface area (Å²) >= 11 is 0. The molecule has 1 aliphatic heterocycles. The third-order valence-corrected chi connectivity index (χ3v) is 5.00. The monoisotopic (exact) mass is 366 g/mol. The Balaban J connectivity index is 1.58. The minimum absolute atomic E-state index is 0.0462. The number of aromatic nitrogens is 3. The SMILES string of the molecule is COc1ccccc1CC(=O)N1CCCC1c1[nH]ncc1-c1cc(C)no1. The van der Waals surface area contributed by atoms with Gasteiger partial charge in [0.1, 0.15) is 5.75 Å². The summed E-state index contributed by atoms with van der Waals surface area (Å²) in [5, 5.41) is 11.2. The Morgan fingerprint density at radius 2 is 2.26 bits per heavy atom. The Kier molecular flexibility index (Phi) is 4.66. The van der Waals surface area contributed by atoms with Crippen LogP contribution in [0.25, 0.3) is 11.3 Å². The van der Waals surface area contributed by atoms with Gasteiger partial charge in [-0.3, -0.25) is 9.89 Å². The van der Waals surface area contributed by atoms with Crippen molar-refractivity contribution < 1.29 is 14.1 Å². The molecule has 140 valence electrons. The highest BCUT2D eigenvalue weighted by atomic mass is 16.5. The van der Waals surface area contributed by atoms with E-state index < -0.39 is 0 Å². The zero-order valence-electron chi connectivity index (χ0n) is 15.4. The average Bonchev–Trinajstić information content (AvgIpc) is 3.41. The molecule has 3 heterocycles. The molecule has 1 aromatic carbocycles. The van der Waals surface area contributed by atoms with E-state index in [0.717, 1.165) is 47.7 Å². The molecule has 1 aliphatic rings. The van der Waals surface area contributed by atoms with E-state index in [0.29, 0.717) is 12.2 Å². The molecule has 4 rings (SSSR count). The van der Waals surface area contributed by atoms with Crippen molar-refractivity contribution in [2.24, 2.45) is 0 Å². The number of rotatable bonds is 5. The second kappa shape index (κ2) is 7.26. The van der Waals surface area contributed by atoms with Crippen LogP contribution >= 0.6 is 0 Å². The van der Waals surface area contributed by atoms with E-state index in [9.17, 15) is 4.79 Å². The number of likely N-dealkylation sites (tertiary alicyclic amines) is 1. The molecule has 1 fully saturated rings. The predicted molar refractivity (Wildman–Crippen MR) is 99.2 cm³/mol. The molecule has 1 unspecified atom stereocenters. The fourth-order valence-corrected chi connectivity index (χ4v) is 3.72. The maximum absolute atomic E-state index is 13.0. The standard InChI is InChI=1S/C20H22N4O3/c1-13-10-18(27-23-13)15-12-21-22-20(15)16-7-5-9-24(16)19(25)11-14-6-3-4-8-17(14)26-2/h3-4,6,8,10,12,16H,5,7,9,11H2,1-2H3,(H,21,22). The molecule has 0 bridgehead atoms. The molecule has 3 aromatic rings. The lowest BCUT2D eigenvalue weighted by Gasteiger charge is -2.25. The molecule has 1 saturated heterocycles. The van der Waals surface area contributed by atoms with E-state index in [2.05, 4.69) is 15.4 Å². The van der Waals surface area contributed by atoms with Crippen LogP contribution in [-0.4, -0.2) is 39.8 Å². The van der Waals surface area contributed by atoms with E-state index >= 15 is 0 Å². The summed E-state index contributed by atoms with van der Waals surface area (Å²) in [6.07, 6.45) is 3.89. The van der Waals surface area contributed by atoms with Crippen molar-refractivity contribution >= 4 is 5.91 Å². The van der Waals surface area contributed by atoms with Gasteiger partial charge in [0.2, 0.25) is 5.91 Å². The van der Waals surface area contributed by atoms with E-state index in [1.807, 2.05) is 42.2 Å². The van der Waals surface area contributed by atoms with Crippen LogP contribution in [0.4, 0.5) is 0 Å². The van der Waals surface area contributed by atoms with Gasteiger partial charge in [0.05, 0.1) is 42.7 Å². The van der Waals surface area contributed by atoms with E-state index in [1.54, 1.807) is 13.3 Å². The first-order valence-electron chi connectivity index (χ1n) is 9.05. The second-order valence-corrected chi connectivity index (χ2v) is 6.76. The van der Waals surface area contributed by atoms with E-state index in [1.165, 1.54) is 0 Å². The molecule has 0 saturated carbocycles. The smallest absolute Gasteiger partial charge is 0.227 e. The number of carbonyl (C=O) groups is 1. The van der Waals surface area contributed by atoms with Crippen LogP contribution in [-0.2, 0) is 11.2 Å². The molecule has 1 N–H and O–H groups in total. The first-order valence-corrected chi connectivity index (χ1v) is 9.05. The number of hydrogen-bond acceptors (Lipinski definition) is 5. The van der Waals surface area contributed by atoms with Gasteiger partial charge in [-0.15, -0.1) is 0 Å². The number of amides is 1. The number of nitrogens with zero attached hydrogens (tertiary/aromatic N) is 3. The number of aryl methyl sites for hydroxylation is 1. The van der Waals surface area contributed by atoms with Gasteiger partial charge in [-0.05, 0) is 25.8 Å². The lowest BCUT2D eigenvalue weighted by Crippen LogP contribution is -2.32. The van der Waals surface area contributed by atoms with Gasteiger partial charge in [0.25, 0.3) is 0 Å². The third kappa shape index (κ3) is 3.32. The van der Waals surface area contributed by atoms with Crippen LogP contribution in [0, 0.1) is 6.92 Å². The van der Waals surface area contributed by atoms with Crippen LogP contribution in [0.2, 0.25) is 0 Å². The molecule has 0 spiro atoms. The summed E-state index contributed by atoms with van der Waals surface area (Å²) in [6.45, 7) is 2.61. The lowest BCUT2D eigenvalue weighted by atomic mass is 10.0. The predicted octanol–water partition coefficient (Wildman–Crippen LogP) is 3.29. The van der Waals surface area contributed by atoms with Gasteiger partial charge in [-0.1, -0.05) is 23.4 Å². The Bertz CT molecular complexity index is 946. The van der Waals surface area contributed by atoms with Gasteiger partial charge in [0, 0.05) is 18.2 Å². The highest BCUT2D eigenvalue weighted by Crippen LogP contribution is 2.37. The fraction of sp³-hybridized carbons (Fsp3) is 0.350. The number of nitrogens with one attached hydrogen (secondary N) is 1. The third-order valence-electron chi connectivity index (χ3n) is 5.00. The number of para-hydroxylation sites is 1. The van der Waals surface area contributed by atoms with Crippen LogP contribution < -0.4 is 4.74 Å². The van der Waals surface area contributed by atoms with Crippen molar-refractivity contribution in [3.8, 4) is 17.1 Å². The summed E-state index contributed by atoms with van der Waals surface area (Å²) in [5.41, 5.74) is 3.47. The highest BCUT2D eigenvalue weighted by molar-refractivity contribution is 5.80. The fourth-order valence-electron chi connectivity index (χ4n) is 3.72. The van der Waals surface area contributed by atoms with Crippen LogP contribution in [0.1, 0.15) is 35.8 Å². The summed E-state index contributed by atoms with van der Waals surface area (Å²) in [5.74, 6) is 1.48. The summed E-state index contributed by atoms with van der Waals surface area (Å²) < 4.78 is 10.8. The number of H-pyrrole nitrogens is 1. The lowest BCUT2D eigenvalue weighted by molar-refractivity contribution is -0.131. The molecule has 1 atom stereocenters. The van der Waals surface area contributed by atoms with Crippen molar-refractivity contribution in [2.75, 3.05) is 13.7 Å². The number of ether oxygens (including phenoxy) is 1. The first-order chi connectivity index (χ1) is 13.2. The van der Waals surface area contributed by atoms with Gasteiger partial charge >= 0.3 is 0 Å². The molecule has 7 nitrogen and oxygen atoms in total. The Morgan fingerprint density at radius 3 is 3.04 bits per heavy atom. The Hall–Kier alpha value is -3.09. The van der Waals surface area contributed by atoms with Crippen molar-refractivity contribution in [3.63, 3.8) is 0 Å². The maximum atomic E-state index is 13.0. The van der Waals surface area contributed by atoms with Gasteiger partial charge < -0.3 is 14.2 Å². The van der Waals surface area contributed by atoms with Gasteiger partial charge in [-0.25, -0.2) is 0 Å². The van der Waals surface area contributed by atoms with Crippen molar-refractivity contribution in [2.45, 2.75) is 32.2 Å².